The molecule has 0 spiro atoms. The van der Waals surface area contributed by atoms with Gasteiger partial charge in [0, 0.05) is 4.88 Å². The lowest BCUT2D eigenvalue weighted by atomic mass is 10.1. The van der Waals surface area contributed by atoms with Crippen molar-refractivity contribution in [2.24, 2.45) is 0 Å². The van der Waals surface area contributed by atoms with Crippen LogP contribution in [0.25, 0.3) is 0 Å². The van der Waals surface area contributed by atoms with Crippen LogP contribution in [-0.4, -0.2) is 27.0 Å². The van der Waals surface area contributed by atoms with E-state index in [-0.39, 0.29) is 16.4 Å². The molecule has 108 valence electrons. The normalized spacial score (nSPS) is 13.0. The second kappa shape index (κ2) is 5.42. The highest BCUT2D eigenvalue weighted by atomic mass is 35.5. The van der Waals surface area contributed by atoms with Gasteiger partial charge in [-0.05, 0) is 24.8 Å². The molecule has 3 rings (SSSR count). The summed E-state index contributed by atoms with van der Waals surface area (Å²) in [4.78, 5) is 32.2. The first-order chi connectivity index (χ1) is 10.1. The van der Waals surface area contributed by atoms with Crippen molar-refractivity contribution in [3.63, 3.8) is 0 Å². The molecule has 8 heteroatoms. The predicted octanol–water partition coefficient (Wildman–Crippen LogP) is 2.63. The number of carbonyl (C=O) groups is 2. The van der Waals surface area contributed by atoms with Gasteiger partial charge < -0.3 is 10.4 Å². The van der Waals surface area contributed by atoms with Gasteiger partial charge in [-0.25, -0.2) is 9.78 Å². The summed E-state index contributed by atoms with van der Waals surface area (Å²) in [7, 11) is 0. The summed E-state index contributed by atoms with van der Waals surface area (Å²) < 4.78 is 0. The average Bonchev–Trinajstić information content (AvgIpc) is 2.98. The number of rotatable bonds is 3. The Morgan fingerprint density at radius 2 is 2.14 bits per heavy atom. The largest absolute Gasteiger partial charge is 0.478 e. The van der Waals surface area contributed by atoms with E-state index in [9.17, 15) is 14.7 Å². The van der Waals surface area contributed by atoms with Crippen LogP contribution in [0.5, 0.6) is 0 Å². The van der Waals surface area contributed by atoms with E-state index in [1.54, 1.807) is 0 Å². The number of fused-ring (bicyclic) bond motifs is 1. The SMILES string of the molecule is O=C(Nc1sc2c(c1C(=O)O)CCC2)c1cncc(Cl)n1. The van der Waals surface area contributed by atoms with E-state index in [1.807, 2.05) is 0 Å². The molecule has 1 aliphatic rings. The zero-order valence-electron chi connectivity index (χ0n) is 10.7. The molecule has 21 heavy (non-hydrogen) atoms. The molecule has 2 heterocycles. The Morgan fingerprint density at radius 1 is 1.33 bits per heavy atom. The molecule has 0 saturated heterocycles. The number of aromatic carboxylic acids is 1. The summed E-state index contributed by atoms with van der Waals surface area (Å²) in [6, 6.07) is 0. The minimum atomic E-state index is -1.03. The van der Waals surface area contributed by atoms with Gasteiger partial charge >= 0.3 is 5.97 Å². The summed E-state index contributed by atoms with van der Waals surface area (Å²) in [6.07, 6.45) is 5.15. The van der Waals surface area contributed by atoms with Crippen molar-refractivity contribution < 1.29 is 14.7 Å². The number of amides is 1. The van der Waals surface area contributed by atoms with E-state index < -0.39 is 11.9 Å². The van der Waals surface area contributed by atoms with Crippen molar-refractivity contribution in [3.8, 4) is 0 Å². The fraction of sp³-hybridized carbons (Fsp3) is 0.231. The second-order valence-corrected chi connectivity index (χ2v) is 6.04. The van der Waals surface area contributed by atoms with Gasteiger partial charge in [0.25, 0.3) is 5.91 Å². The maximum atomic E-state index is 12.1. The van der Waals surface area contributed by atoms with Crippen LogP contribution in [0.15, 0.2) is 12.4 Å². The standard InChI is InChI=1S/C13H10ClN3O3S/c14-9-5-15-4-7(16-9)11(18)17-12-10(13(19)20)6-2-1-3-8(6)21-12/h4-5H,1-3H2,(H,17,18)(H,19,20). The van der Waals surface area contributed by atoms with Crippen molar-refractivity contribution in [2.45, 2.75) is 19.3 Å². The molecule has 0 aromatic carbocycles. The van der Waals surface area contributed by atoms with Gasteiger partial charge in [0.1, 0.15) is 15.8 Å². The van der Waals surface area contributed by atoms with E-state index in [0.29, 0.717) is 5.00 Å². The summed E-state index contributed by atoms with van der Waals surface area (Å²) in [5.41, 5.74) is 1.07. The minimum absolute atomic E-state index is 0.0485. The quantitative estimate of drug-likeness (QED) is 0.905. The number of carbonyl (C=O) groups excluding carboxylic acids is 1. The topological polar surface area (TPSA) is 92.2 Å². The van der Waals surface area contributed by atoms with E-state index in [2.05, 4.69) is 15.3 Å². The Bertz CT molecular complexity index is 744. The summed E-state index contributed by atoms with van der Waals surface area (Å²) >= 11 is 7.00. The summed E-state index contributed by atoms with van der Waals surface area (Å²) in [5.74, 6) is -1.55. The van der Waals surface area contributed by atoms with E-state index in [4.69, 9.17) is 11.6 Å². The van der Waals surface area contributed by atoms with Gasteiger partial charge in [-0.15, -0.1) is 11.3 Å². The van der Waals surface area contributed by atoms with Crippen LogP contribution in [0.4, 0.5) is 5.00 Å². The summed E-state index contributed by atoms with van der Waals surface area (Å²) in [6.45, 7) is 0. The molecule has 0 saturated carbocycles. The van der Waals surface area contributed by atoms with Crippen molar-refractivity contribution in [1.29, 1.82) is 0 Å². The number of nitrogens with zero attached hydrogens (tertiary/aromatic N) is 2. The maximum Gasteiger partial charge on any atom is 0.339 e. The Kier molecular flexibility index (Phi) is 3.60. The van der Waals surface area contributed by atoms with Crippen LogP contribution in [0.3, 0.4) is 0 Å². The lowest BCUT2D eigenvalue weighted by Crippen LogP contribution is -2.15. The highest BCUT2D eigenvalue weighted by Crippen LogP contribution is 2.39. The van der Waals surface area contributed by atoms with Gasteiger partial charge in [-0.1, -0.05) is 11.6 Å². The lowest BCUT2D eigenvalue weighted by Gasteiger charge is -2.04. The number of thiophene rings is 1. The van der Waals surface area contributed by atoms with Gasteiger partial charge in [-0.2, -0.15) is 0 Å². The molecular weight excluding hydrogens is 314 g/mol. The number of carboxylic acids is 1. The van der Waals surface area contributed by atoms with E-state index in [1.165, 1.54) is 23.7 Å². The number of hydrogen-bond acceptors (Lipinski definition) is 5. The van der Waals surface area contributed by atoms with E-state index >= 15 is 0 Å². The molecule has 0 radical (unpaired) electrons. The molecule has 0 bridgehead atoms. The molecule has 2 aromatic rings. The molecule has 6 nitrogen and oxygen atoms in total. The van der Waals surface area contributed by atoms with Crippen LogP contribution < -0.4 is 5.32 Å². The van der Waals surface area contributed by atoms with Crippen LogP contribution >= 0.6 is 22.9 Å². The second-order valence-electron chi connectivity index (χ2n) is 4.55. The van der Waals surface area contributed by atoms with Crippen molar-refractivity contribution >= 4 is 39.8 Å². The molecule has 1 amide bonds. The van der Waals surface area contributed by atoms with Gasteiger partial charge in [0.2, 0.25) is 0 Å². The van der Waals surface area contributed by atoms with Crippen molar-refractivity contribution in [2.75, 3.05) is 5.32 Å². The number of anilines is 1. The Hall–Kier alpha value is -1.99. The minimum Gasteiger partial charge on any atom is -0.478 e. The van der Waals surface area contributed by atoms with Gasteiger partial charge in [0.05, 0.1) is 18.0 Å². The third-order valence-electron chi connectivity index (χ3n) is 3.20. The predicted molar refractivity (Wildman–Crippen MR) is 78.3 cm³/mol. The highest BCUT2D eigenvalue weighted by Gasteiger charge is 2.27. The molecule has 0 fully saturated rings. The van der Waals surface area contributed by atoms with Crippen LogP contribution in [0.1, 0.15) is 37.7 Å². The Balaban J connectivity index is 1.92. The molecule has 0 atom stereocenters. The van der Waals surface area contributed by atoms with Crippen LogP contribution in [0.2, 0.25) is 5.15 Å². The number of halogens is 1. The average molecular weight is 324 g/mol. The first-order valence-electron chi connectivity index (χ1n) is 6.23. The number of aryl methyl sites for hydroxylation is 1. The molecule has 0 aliphatic heterocycles. The zero-order valence-corrected chi connectivity index (χ0v) is 12.3. The molecular formula is C13H10ClN3O3S. The fourth-order valence-electron chi connectivity index (χ4n) is 2.34. The third-order valence-corrected chi connectivity index (χ3v) is 4.59. The lowest BCUT2D eigenvalue weighted by molar-refractivity contribution is 0.0697. The maximum absolute atomic E-state index is 12.1. The van der Waals surface area contributed by atoms with Gasteiger partial charge in [-0.3, -0.25) is 9.78 Å². The van der Waals surface area contributed by atoms with Crippen LogP contribution in [-0.2, 0) is 12.8 Å². The molecule has 2 N–H and O–H groups in total. The summed E-state index contributed by atoms with van der Waals surface area (Å²) in [5, 5.41) is 12.4. The Morgan fingerprint density at radius 3 is 2.86 bits per heavy atom. The van der Waals surface area contributed by atoms with Crippen molar-refractivity contribution in [1.82, 2.24) is 9.97 Å². The monoisotopic (exact) mass is 323 g/mol. The number of carboxylic acid groups (broad SMARTS) is 1. The number of aromatic nitrogens is 2. The first-order valence-corrected chi connectivity index (χ1v) is 7.42. The van der Waals surface area contributed by atoms with E-state index in [0.717, 1.165) is 29.7 Å². The highest BCUT2D eigenvalue weighted by molar-refractivity contribution is 7.17. The smallest absolute Gasteiger partial charge is 0.339 e. The molecule has 1 aliphatic carbocycles. The third kappa shape index (κ3) is 2.62. The van der Waals surface area contributed by atoms with Crippen LogP contribution in [0, 0.1) is 0 Å². The molecule has 2 aromatic heterocycles. The Labute approximate surface area is 128 Å². The zero-order chi connectivity index (χ0) is 15.0. The van der Waals surface area contributed by atoms with Gasteiger partial charge in [0.15, 0.2) is 0 Å². The molecule has 0 unspecified atom stereocenters. The fourth-order valence-corrected chi connectivity index (χ4v) is 3.76. The number of nitrogens with one attached hydrogen (secondary N) is 1. The number of hydrogen-bond donors (Lipinski definition) is 2. The van der Waals surface area contributed by atoms with Crippen molar-refractivity contribution in [3.05, 3.63) is 39.2 Å². The first kappa shape index (κ1) is 14.0.